The molecule has 0 bridgehead atoms. The molecule has 1 atom stereocenters. The number of rotatable bonds is 10. The lowest BCUT2D eigenvalue weighted by atomic mass is 10.1. The predicted molar refractivity (Wildman–Crippen MR) is 162 cm³/mol. The number of carbonyl (C=O) groups excluding carboxylic acids is 2. The number of alkyl carbamates (subject to hydrolysis) is 1. The maximum absolute atomic E-state index is 12.7. The zero-order chi connectivity index (χ0) is 31.3. The van der Waals surface area contributed by atoms with Crippen molar-refractivity contribution in [2.45, 2.75) is 12.6 Å². The number of H-pyrrole nitrogens is 2. The van der Waals surface area contributed by atoms with Gasteiger partial charge in [0.15, 0.2) is 23.0 Å². The van der Waals surface area contributed by atoms with Crippen LogP contribution in [-0.4, -0.2) is 102 Å². The lowest BCUT2D eigenvalue weighted by Gasteiger charge is -2.30. The number of benzene rings is 2. The number of aromatic amines is 2. The molecule has 4 heterocycles. The summed E-state index contributed by atoms with van der Waals surface area (Å²) in [6.45, 7) is 2.85. The maximum atomic E-state index is 12.7. The average molecular weight is 618 g/mol. The van der Waals surface area contributed by atoms with Crippen LogP contribution in [0.25, 0.3) is 22.5 Å². The Bertz CT molecular complexity index is 1670. The number of imidazole rings is 2. The van der Waals surface area contributed by atoms with Gasteiger partial charge in [-0.05, 0) is 43.4 Å². The zero-order valence-corrected chi connectivity index (χ0v) is 25.3. The van der Waals surface area contributed by atoms with Gasteiger partial charge in [-0.1, -0.05) is 0 Å². The molecule has 45 heavy (non-hydrogen) atoms. The van der Waals surface area contributed by atoms with Gasteiger partial charge in [-0.3, -0.25) is 9.69 Å². The number of aromatic nitrogens is 4. The average Bonchev–Trinajstić information content (AvgIpc) is 3.74. The first-order valence-electron chi connectivity index (χ1n) is 14.5. The molecule has 14 nitrogen and oxygen atoms in total. The largest absolute Gasteiger partial charge is 0.453 e. The third-order valence-electron chi connectivity index (χ3n) is 7.71. The van der Waals surface area contributed by atoms with Crippen LogP contribution in [0.3, 0.4) is 0 Å². The molecule has 3 N–H and O–H groups in total. The summed E-state index contributed by atoms with van der Waals surface area (Å²) in [5, 5.41) is 2.41. The van der Waals surface area contributed by atoms with Crippen LogP contribution in [0.4, 0.5) is 4.79 Å². The number of hydrogen-bond acceptors (Lipinski definition) is 10. The van der Waals surface area contributed by atoms with Crippen LogP contribution in [0.5, 0.6) is 23.0 Å². The molecule has 1 unspecified atom stereocenters. The van der Waals surface area contributed by atoms with E-state index in [2.05, 4.69) is 41.9 Å². The van der Waals surface area contributed by atoms with E-state index in [1.54, 1.807) is 18.2 Å². The number of ether oxygens (including phenoxy) is 5. The Balaban J connectivity index is 1.13. The van der Waals surface area contributed by atoms with Gasteiger partial charge in [-0.25, -0.2) is 14.8 Å². The van der Waals surface area contributed by atoms with Gasteiger partial charge < -0.3 is 43.9 Å². The second kappa shape index (κ2) is 13.4. The smallest absolute Gasteiger partial charge is 0.407 e. The van der Waals surface area contributed by atoms with E-state index in [0.29, 0.717) is 48.6 Å². The number of morpholine rings is 1. The number of likely N-dealkylation sites (N-methyl/N-ethyl adjacent to an activating group) is 1. The minimum absolute atomic E-state index is 0.0872. The van der Waals surface area contributed by atoms with Gasteiger partial charge in [0.2, 0.25) is 5.91 Å². The second-order valence-corrected chi connectivity index (χ2v) is 10.7. The van der Waals surface area contributed by atoms with Gasteiger partial charge in [0.1, 0.15) is 18.2 Å². The molecule has 2 aliphatic rings. The van der Waals surface area contributed by atoms with Crippen molar-refractivity contribution < 1.29 is 33.3 Å². The maximum Gasteiger partial charge on any atom is 0.407 e. The fourth-order valence-corrected chi connectivity index (χ4v) is 5.14. The molecule has 2 aromatic carbocycles. The summed E-state index contributed by atoms with van der Waals surface area (Å²) in [6.07, 6.45) is 2.85. The topological polar surface area (TPSA) is 156 Å². The van der Waals surface area contributed by atoms with Crippen LogP contribution < -0.4 is 14.8 Å². The predicted octanol–water partition coefficient (Wildman–Crippen LogP) is 3.70. The highest BCUT2D eigenvalue weighted by atomic mass is 16.6. The van der Waals surface area contributed by atoms with Crippen molar-refractivity contribution in [2.75, 3.05) is 60.7 Å². The van der Waals surface area contributed by atoms with Crippen molar-refractivity contribution in [3.8, 4) is 45.5 Å². The van der Waals surface area contributed by atoms with E-state index in [1.807, 2.05) is 42.6 Å². The van der Waals surface area contributed by atoms with Crippen LogP contribution in [0.1, 0.15) is 17.7 Å². The molecule has 14 heteroatoms. The van der Waals surface area contributed by atoms with Crippen molar-refractivity contribution in [2.24, 2.45) is 0 Å². The number of carbonyl (C=O) groups is 2. The number of methoxy groups -OCH3 is 2. The third kappa shape index (κ3) is 6.77. The molecular weight excluding hydrogens is 582 g/mol. The molecule has 6 rings (SSSR count). The number of fused-ring (bicyclic) bond motifs is 2. The van der Waals surface area contributed by atoms with Crippen LogP contribution >= 0.6 is 0 Å². The van der Waals surface area contributed by atoms with Crippen LogP contribution in [-0.2, 0) is 25.5 Å². The van der Waals surface area contributed by atoms with Crippen LogP contribution in [0, 0.1) is 0 Å². The fourth-order valence-electron chi connectivity index (χ4n) is 5.14. The molecule has 236 valence electrons. The van der Waals surface area contributed by atoms with E-state index in [1.165, 1.54) is 7.11 Å². The second-order valence-electron chi connectivity index (χ2n) is 10.7. The Hall–Kier alpha value is -4.92. The van der Waals surface area contributed by atoms with Crippen LogP contribution in [0.2, 0.25) is 0 Å². The van der Waals surface area contributed by atoms with E-state index in [9.17, 15) is 9.59 Å². The summed E-state index contributed by atoms with van der Waals surface area (Å²) in [5.41, 5.74) is 3.39. The zero-order valence-electron chi connectivity index (χ0n) is 25.3. The van der Waals surface area contributed by atoms with Gasteiger partial charge >= 0.3 is 6.09 Å². The molecular formula is C31H35N7O7. The molecule has 0 spiro atoms. The highest BCUT2D eigenvalue weighted by molar-refractivity contribution is 5.82. The van der Waals surface area contributed by atoms with Crippen molar-refractivity contribution >= 4 is 12.0 Å². The summed E-state index contributed by atoms with van der Waals surface area (Å²) in [5.74, 6) is 3.51. The number of nitrogens with one attached hydrogen (secondary N) is 3. The van der Waals surface area contributed by atoms with Crippen molar-refractivity contribution in [3.05, 3.63) is 60.4 Å². The van der Waals surface area contributed by atoms with Crippen molar-refractivity contribution in [1.82, 2.24) is 35.1 Å². The van der Waals surface area contributed by atoms with Crippen molar-refractivity contribution in [3.63, 3.8) is 0 Å². The first kappa shape index (κ1) is 30.1. The van der Waals surface area contributed by atoms with Gasteiger partial charge in [0.05, 0.1) is 63.3 Å². The Morgan fingerprint density at radius 2 is 1.69 bits per heavy atom. The summed E-state index contributed by atoms with van der Waals surface area (Å²) < 4.78 is 27.8. The molecule has 1 saturated heterocycles. The van der Waals surface area contributed by atoms with E-state index in [4.69, 9.17) is 18.9 Å². The van der Waals surface area contributed by atoms with Gasteiger partial charge in [0, 0.05) is 31.3 Å². The summed E-state index contributed by atoms with van der Waals surface area (Å²) in [4.78, 5) is 43.7. The minimum atomic E-state index is -0.678. The Labute approximate surface area is 259 Å². The normalized spacial score (nSPS) is 15.8. The lowest BCUT2D eigenvalue weighted by molar-refractivity contribution is -0.131. The lowest BCUT2D eigenvalue weighted by Crippen LogP contribution is -2.41. The van der Waals surface area contributed by atoms with Crippen LogP contribution in [0.15, 0.2) is 48.8 Å². The van der Waals surface area contributed by atoms with Gasteiger partial charge in [0.25, 0.3) is 0 Å². The highest BCUT2D eigenvalue weighted by Crippen LogP contribution is 2.47. The van der Waals surface area contributed by atoms with E-state index in [-0.39, 0.29) is 25.0 Å². The third-order valence-corrected chi connectivity index (χ3v) is 7.71. The number of amides is 2. The monoisotopic (exact) mass is 617 g/mol. The summed E-state index contributed by atoms with van der Waals surface area (Å²) in [6, 6.07) is 11.5. The summed E-state index contributed by atoms with van der Waals surface area (Å²) >= 11 is 0. The Kier molecular flexibility index (Phi) is 8.96. The number of nitrogens with zero attached hydrogens (tertiary/aromatic N) is 4. The van der Waals surface area contributed by atoms with E-state index in [0.717, 1.165) is 41.5 Å². The van der Waals surface area contributed by atoms with Crippen molar-refractivity contribution in [1.29, 1.82) is 0 Å². The molecule has 0 aliphatic carbocycles. The van der Waals surface area contributed by atoms with E-state index >= 15 is 0 Å². The Morgan fingerprint density at radius 1 is 1.00 bits per heavy atom. The number of hydrogen-bond donors (Lipinski definition) is 3. The fraction of sp³-hybridized carbons (Fsp3) is 0.355. The molecule has 4 aromatic rings. The SMILES string of the molecule is COCCN(Cc1ncc(-c2ccc3c(c2)Oc2ccc(-c4cnc(C5COCCN5C)[nH]4)cc2O3)[nH]1)C(=O)CNC(=O)OC. The minimum Gasteiger partial charge on any atom is -0.453 e. The molecule has 2 amide bonds. The quantitative estimate of drug-likeness (QED) is 0.211. The molecule has 2 aromatic heterocycles. The summed E-state index contributed by atoms with van der Waals surface area (Å²) in [7, 11) is 4.87. The molecule has 1 fully saturated rings. The molecule has 0 radical (unpaired) electrons. The first-order chi connectivity index (χ1) is 21.9. The van der Waals surface area contributed by atoms with Gasteiger partial charge in [-0.2, -0.15) is 0 Å². The standard InChI is InChI=1S/C31H35N7O7/c1-37-8-11-43-18-23(37)30-33-15-22(36-30)20-5-7-25-27(13-20)45-24-6-4-19(12-26(24)44-25)21-14-32-28(35-21)17-38(9-10-41-2)29(39)16-34-31(40)42-3/h4-7,12-15,23H,8-11,16-18H2,1-3H3,(H,32,35)(H,33,36)(H,34,40). The van der Waals surface area contributed by atoms with E-state index < -0.39 is 6.09 Å². The Morgan fingerprint density at radius 3 is 2.36 bits per heavy atom. The first-order valence-corrected chi connectivity index (χ1v) is 14.5. The molecule has 2 aliphatic heterocycles. The highest BCUT2D eigenvalue weighted by Gasteiger charge is 2.25. The molecule has 0 saturated carbocycles. The van der Waals surface area contributed by atoms with Gasteiger partial charge in [-0.15, -0.1) is 0 Å².